The van der Waals surface area contributed by atoms with Crippen LogP contribution in [0.25, 0.3) is 11.1 Å². The van der Waals surface area contributed by atoms with Gasteiger partial charge in [0.1, 0.15) is 0 Å². The van der Waals surface area contributed by atoms with Gasteiger partial charge < -0.3 is 5.32 Å². The summed E-state index contributed by atoms with van der Waals surface area (Å²) in [4.78, 5) is 1.40. The molecule has 0 aliphatic heterocycles. The first-order chi connectivity index (χ1) is 7.75. The molecule has 0 aliphatic carbocycles. The maximum Gasteiger partial charge on any atom is 0.0302 e. The van der Waals surface area contributed by atoms with E-state index in [-0.39, 0.29) is 0 Å². The zero-order chi connectivity index (χ0) is 11.4. The van der Waals surface area contributed by atoms with Crippen molar-refractivity contribution in [3.63, 3.8) is 0 Å². The lowest BCUT2D eigenvalue weighted by Crippen LogP contribution is -2.21. The van der Waals surface area contributed by atoms with Gasteiger partial charge in [0.25, 0.3) is 0 Å². The molecule has 1 aromatic heterocycles. The van der Waals surface area contributed by atoms with E-state index >= 15 is 0 Å². The summed E-state index contributed by atoms with van der Waals surface area (Å²) in [6, 6.07) is 13.3. The Morgan fingerprint density at radius 2 is 1.88 bits per heavy atom. The Morgan fingerprint density at radius 1 is 1.12 bits per heavy atom. The monoisotopic (exact) mass is 231 g/mol. The first-order valence-corrected chi connectivity index (χ1v) is 6.50. The first kappa shape index (κ1) is 11.4. The normalized spacial score (nSPS) is 10.9. The van der Waals surface area contributed by atoms with Gasteiger partial charge in [0.15, 0.2) is 0 Å². The van der Waals surface area contributed by atoms with Gasteiger partial charge in [0.05, 0.1) is 0 Å². The van der Waals surface area contributed by atoms with Crippen LogP contribution in [0, 0.1) is 0 Å². The molecule has 0 fully saturated rings. The molecule has 1 N–H and O–H groups in total. The molecule has 0 saturated heterocycles. The number of benzene rings is 1. The van der Waals surface area contributed by atoms with Crippen LogP contribution in [0.3, 0.4) is 0 Å². The predicted molar refractivity (Wildman–Crippen MR) is 71.7 cm³/mol. The van der Waals surface area contributed by atoms with Gasteiger partial charge in [-0.15, -0.1) is 11.3 Å². The van der Waals surface area contributed by atoms with Crippen LogP contribution in [-0.4, -0.2) is 6.04 Å². The van der Waals surface area contributed by atoms with Gasteiger partial charge in [-0.25, -0.2) is 0 Å². The molecule has 2 heteroatoms. The van der Waals surface area contributed by atoms with Crippen LogP contribution >= 0.6 is 11.3 Å². The lowest BCUT2D eigenvalue weighted by molar-refractivity contribution is 0.593. The molecule has 0 aliphatic rings. The third-order valence-corrected chi connectivity index (χ3v) is 3.38. The largest absolute Gasteiger partial charge is 0.310 e. The van der Waals surface area contributed by atoms with Crippen LogP contribution in [0.1, 0.15) is 18.7 Å². The van der Waals surface area contributed by atoms with E-state index in [0.717, 1.165) is 6.54 Å². The fourth-order valence-electron chi connectivity index (χ4n) is 1.56. The fraction of sp³-hybridized carbons (Fsp3) is 0.286. The molecule has 1 nitrogen and oxygen atoms in total. The van der Waals surface area contributed by atoms with Gasteiger partial charge in [-0.05, 0) is 22.6 Å². The van der Waals surface area contributed by atoms with Crippen LogP contribution < -0.4 is 5.32 Å². The summed E-state index contributed by atoms with van der Waals surface area (Å²) in [5.41, 5.74) is 2.63. The second-order valence-corrected chi connectivity index (χ2v) is 5.20. The summed E-state index contributed by atoms with van der Waals surface area (Å²) in [7, 11) is 0. The predicted octanol–water partition coefficient (Wildman–Crippen LogP) is 3.91. The quantitative estimate of drug-likeness (QED) is 0.841. The molecular formula is C14H17NS. The van der Waals surface area contributed by atoms with Crippen LogP contribution in [0.2, 0.25) is 0 Å². The maximum atomic E-state index is 3.44. The molecule has 0 radical (unpaired) electrons. The smallest absolute Gasteiger partial charge is 0.0302 e. The Labute approximate surface area is 101 Å². The molecule has 1 aromatic carbocycles. The summed E-state index contributed by atoms with van der Waals surface area (Å²) in [5.74, 6) is 0. The molecule has 0 bridgehead atoms. The Morgan fingerprint density at radius 3 is 2.56 bits per heavy atom. The lowest BCUT2D eigenvalue weighted by Gasteiger charge is -2.05. The van der Waals surface area contributed by atoms with E-state index in [1.807, 2.05) is 11.3 Å². The molecule has 0 atom stereocenters. The van der Waals surface area contributed by atoms with Crippen molar-refractivity contribution in [1.82, 2.24) is 5.32 Å². The molecular weight excluding hydrogens is 214 g/mol. The molecule has 0 amide bonds. The maximum absolute atomic E-state index is 3.44. The van der Waals surface area contributed by atoms with E-state index in [0.29, 0.717) is 6.04 Å². The molecule has 2 rings (SSSR count). The van der Waals surface area contributed by atoms with Crippen molar-refractivity contribution in [1.29, 1.82) is 0 Å². The topological polar surface area (TPSA) is 12.0 Å². The zero-order valence-corrected chi connectivity index (χ0v) is 10.6. The summed E-state index contributed by atoms with van der Waals surface area (Å²) in [5, 5.41) is 5.67. The second kappa shape index (κ2) is 5.28. The SMILES string of the molecule is CC(C)NCc1cc(-c2ccccc2)cs1. The Balaban J connectivity index is 2.08. The van der Waals surface area contributed by atoms with Gasteiger partial charge in [0, 0.05) is 17.5 Å². The molecule has 0 saturated carbocycles. The minimum atomic E-state index is 0.544. The van der Waals surface area contributed by atoms with Gasteiger partial charge in [-0.1, -0.05) is 44.2 Å². The van der Waals surface area contributed by atoms with Crippen LogP contribution in [0.4, 0.5) is 0 Å². The third-order valence-electron chi connectivity index (χ3n) is 2.45. The molecule has 2 aromatic rings. The molecule has 84 valence electrons. The van der Waals surface area contributed by atoms with Crippen molar-refractivity contribution in [3.8, 4) is 11.1 Å². The Kier molecular flexibility index (Phi) is 3.75. The highest BCUT2D eigenvalue weighted by molar-refractivity contribution is 7.10. The molecule has 1 heterocycles. The van der Waals surface area contributed by atoms with Gasteiger partial charge in [-0.2, -0.15) is 0 Å². The number of hydrogen-bond donors (Lipinski definition) is 1. The van der Waals surface area contributed by atoms with Crippen LogP contribution in [0.5, 0.6) is 0 Å². The van der Waals surface area contributed by atoms with Crippen molar-refractivity contribution >= 4 is 11.3 Å². The van der Waals surface area contributed by atoms with E-state index in [9.17, 15) is 0 Å². The molecule has 0 unspecified atom stereocenters. The zero-order valence-electron chi connectivity index (χ0n) is 9.73. The fourth-order valence-corrected chi connectivity index (χ4v) is 2.40. The lowest BCUT2D eigenvalue weighted by atomic mass is 10.1. The second-order valence-electron chi connectivity index (χ2n) is 4.20. The standard InChI is InChI=1S/C14H17NS/c1-11(2)15-9-14-8-13(10-16-14)12-6-4-3-5-7-12/h3-8,10-11,15H,9H2,1-2H3. The third kappa shape index (κ3) is 2.94. The average Bonchev–Trinajstić information content (AvgIpc) is 2.76. The molecule has 16 heavy (non-hydrogen) atoms. The molecule has 0 spiro atoms. The van der Waals surface area contributed by atoms with E-state index in [2.05, 4.69) is 60.9 Å². The van der Waals surface area contributed by atoms with E-state index in [1.165, 1.54) is 16.0 Å². The highest BCUT2D eigenvalue weighted by Gasteiger charge is 2.02. The van der Waals surface area contributed by atoms with E-state index in [4.69, 9.17) is 0 Å². The van der Waals surface area contributed by atoms with Crippen molar-refractivity contribution in [2.24, 2.45) is 0 Å². The number of nitrogens with one attached hydrogen (secondary N) is 1. The number of thiophene rings is 1. The van der Waals surface area contributed by atoms with E-state index in [1.54, 1.807) is 0 Å². The van der Waals surface area contributed by atoms with Crippen molar-refractivity contribution < 1.29 is 0 Å². The van der Waals surface area contributed by atoms with Crippen molar-refractivity contribution in [3.05, 3.63) is 46.7 Å². The summed E-state index contributed by atoms with van der Waals surface area (Å²) in [6.45, 7) is 5.31. The number of hydrogen-bond acceptors (Lipinski definition) is 2. The van der Waals surface area contributed by atoms with E-state index < -0.39 is 0 Å². The highest BCUT2D eigenvalue weighted by atomic mass is 32.1. The summed E-state index contributed by atoms with van der Waals surface area (Å²) in [6.07, 6.45) is 0. The van der Waals surface area contributed by atoms with Gasteiger partial charge in [0.2, 0.25) is 0 Å². The summed E-state index contributed by atoms with van der Waals surface area (Å²) < 4.78 is 0. The van der Waals surface area contributed by atoms with Crippen molar-refractivity contribution in [2.75, 3.05) is 0 Å². The van der Waals surface area contributed by atoms with Gasteiger partial charge in [-0.3, -0.25) is 0 Å². The highest BCUT2D eigenvalue weighted by Crippen LogP contribution is 2.25. The minimum absolute atomic E-state index is 0.544. The van der Waals surface area contributed by atoms with Gasteiger partial charge >= 0.3 is 0 Å². The minimum Gasteiger partial charge on any atom is -0.310 e. The summed E-state index contributed by atoms with van der Waals surface area (Å²) >= 11 is 1.82. The Hall–Kier alpha value is -1.12. The van der Waals surface area contributed by atoms with Crippen LogP contribution in [-0.2, 0) is 6.54 Å². The Bertz CT molecular complexity index is 431. The van der Waals surface area contributed by atoms with Crippen LogP contribution in [0.15, 0.2) is 41.8 Å². The first-order valence-electron chi connectivity index (χ1n) is 5.62. The average molecular weight is 231 g/mol. The number of rotatable bonds is 4. The van der Waals surface area contributed by atoms with Crippen molar-refractivity contribution in [2.45, 2.75) is 26.4 Å².